The van der Waals surface area contributed by atoms with E-state index in [-0.39, 0.29) is 23.6 Å². The summed E-state index contributed by atoms with van der Waals surface area (Å²) in [5, 5.41) is 8.60. The van der Waals surface area contributed by atoms with Gasteiger partial charge in [-0.25, -0.2) is 4.79 Å². The van der Waals surface area contributed by atoms with Gasteiger partial charge in [0.25, 0.3) is 0 Å². The van der Waals surface area contributed by atoms with Crippen molar-refractivity contribution < 1.29 is 32.4 Å². The molecule has 0 atom stereocenters. The van der Waals surface area contributed by atoms with Gasteiger partial charge in [-0.2, -0.15) is 13.2 Å². The molecule has 2 aromatic carbocycles. The van der Waals surface area contributed by atoms with Crippen LogP contribution in [0.5, 0.6) is 0 Å². The minimum absolute atomic E-state index is 0.0200. The summed E-state index contributed by atoms with van der Waals surface area (Å²) in [6.07, 6.45) is -4.45. The third-order valence-corrected chi connectivity index (χ3v) is 5.71. The van der Waals surface area contributed by atoms with E-state index in [4.69, 9.17) is 14.4 Å². The van der Waals surface area contributed by atoms with Crippen LogP contribution in [0.4, 0.5) is 13.2 Å². The van der Waals surface area contributed by atoms with Crippen molar-refractivity contribution in [2.75, 3.05) is 14.2 Å². The monoisotopic (exact) mass is 464 g/mol. The van der Waals surface area contributed by atoms with E-state index in [1.165, 1.54) is 37.7 Å². The summed E-state index contributed by atoms with van der Waals surface area (Å²) in [7, 11) is 2.55. The molecule has 0 radical (unpaired) electrons. The normalized spacial score (nSPS) is 12.7. The second-order valence-corrected chi connectivity index (χ2v) is 7.60. The van der Waals surface area contributed by atoms with Gasteiger partial charge in [-0.15, -0.1) is 11.3 Å². The smallest absolute Gasteiger partial charge is 0.416 e. The molecule has 3 aromatic rings. The van der Waals surface area contributed by atoms with Crippen molar-refractivity contribution in [3.63, 3.8) is 0 Å². The first-order chi connectivity index (χ1) is 15.3. The molecule has 0 aliphatic rings. The van der Waals surface area contributed by atoms with Crippen LogP contribution in [0.1, 0.15) is 28.5 Å². The van der Waals surface area contributed by atoms with E-state index in [0.29, 0.717) is 10.4 Å². The predicted octanol–water partition coefficient (Wildman–Crippen LogP) is 5.38. The van der Waals surface area contributed by atoms with E-state index >= 15 is 0 Å². The maximum absolute atomic E-state index is 13.0. The third kappa shape index (κ3) is 5.08. The zero-order valence-corrected chi connectivity index (χ0v) is 18.2. The molecular weight excluding hydrogens is 445 g/mol. The molecule has 168 valence electrons. The van der Waals surface area contributed by atoms with Gasteiger partial charge in [-0.05, 0) is 36.1 Å². The fourth-order valence-electron chi connectivity index (χ4n) is 2.96. The Kier molecular flexibility index (Phi) is 7.14. The number of rotatable bonds is 7. The number of esters is 1. The Labute approximate surface area is 185 Å². The van der Waals surface area contributed by atoms with Gasteiger partial charge in [0, 0.05) is 10.3 Å². The Bertz CT molecular complexity index is 1190. The van der Waals surface area contributed by atoms with Crippen LogP contribution in [-0.2, 0) is 32.0 Å². The van der Waals surface area contributed by atoms with Crippen LogP contribution in [0, 0.1) is 0 Å². The predicted molar refractivity (Wildman–Crippen MR) is 116 cm³/mol. The Balaban J connectivity index is 1.92. The van der Waals surface area contributed by atoms with Gasteiger partial charge < -0.3 is 14.4 Å². The first-order valence-electron chi connectivity index (χ1n) is 9.30. The SMILES string of the molecule is CON=C(C(=O)OC)c1sc2ccccc2c1CON=C(C)c1cccc(C(F)(F)F)c1. The third-order valence-electron chi connectivity index (χ3n) is 4.49. The standard InChI is InChI=1S/C22H19F3N2O4S/c1-13(14-7-6-8-15(11-14)22(23,24)25)26-31-12-17-16-9-4-5-10-18(16)32-20(17)19(27-30-3)21(28)29-2/h4-11H,12H2,1-3H3. The van der Waals surface area contributed by atoms with E-state index in [2.05, 4.69) is 10.3 Å². The van der Waals surface area contributed by atoms with Crippen LogP contribution in [0.2, 0.25) is 0 Å². The van der Waals surface area contributed by atoms with E-state index < -0.39 is 17.7 Å². The summed E-state index contributed by atoms with van der Waals surface area (Å²) in [6.45, 7) is 1.50. The first-order valence-corrected chi connectivity index (χ1v) is 10.1. The number of alkyl halides is 3. The van der Waals surface area contributed by atoms with E-state index in [1.807, 2.05) is 24.3 Å². The Morgan fingerprint density at radius 2 is 1.81 bits per heavy atom. The molecule has 0 fully saturated rings. The number of hydrogen-bond donors (Lipinski definition) is 0. The average molecular weight is 464 g/mol. The summed E-state index contributed by atoms with van der Waals surface area (Å²) < 4.78 is 44.6. The molecule has 0 aliphatic carbocycles. The highest BCUT2D eigenvalue weighted by Crippen LogP contribution is 2.33. The minimum Gasteiger partial charge on any atom is -0.464 e. The summed E-state index contributed by atoms with van der Waals surface area (Å²) in [5.41, 5.74) is 0.400. The summed E-state index contributed by atoms with van der Waals surface area (Å²) in [4.78, 5) is 23.0. The van der Waals surface area contributed by atoms with E-state index in [1.54, 1.807) is 6.92 Å². The van der Waals surface area contributed by atoms with Crippen molar-refractivity contribution in [3.05, 3.63) is 70.1 Å². The largest absolute Gasteiger partial charge is 0.464 e. The number of oxime groups is 2. The van der Waals surface area contributed by atoms with Crippen LogP contribution in [0.25, 0.3) is 10.1 Å². The van der Waals surface area contributed by atoms with Crippen molar-refractivity contribution in [1.29, 1.82) is 0 Å². The number of thiophene rings is 1. The molecule has 1 heterocycles. The Morgan fingerprint density at radius 3 is 2.50 bits per heavy atom. The second kappa shape index (κ2) is 9.82. The molecule has 0 spiro atoms. The average Bonchev–Trinajstić information content (AvgIpc) is 3.14. The lowest BCUT2D eigenvalue weighted by molar-refractivity contribution is -0.137. The number of ether oxygens (including phenoxy) is 1. The van der Waals surface area contributed by atoms with E-state index in [0.717, 1.165) is 22.2 Å². The Morgan fingerprint density at radius 1 is 1.06 bits per heavy atom. The number of halogens is 3. The maximum atomic E-state index is 13.0. The molecule has 10 heteroatoms. The lowest BCUT2D eigenvalue weighted by Gasteiger charge is -2.09. The molecule has 3 rings (SSSR count). The number of nitrogens with zero attached hydrogens (tertiary/aromatic N) is 2. The molecule has 1 aromatic heterocycles. The van der Waals surface area contributed by atoms with Crippen molar-refractivity contribution in [1.82, 2.24) is 0 Å². The van der Waals surface area contributed by atoms with Crippen molar-refractivity contribution >= 4 is 38.8 Å². The number of benzene rings is 2. The number of carbonyl (C=O) groups is 1. The van der Waals surface area contributed by atoms with Crippen LogP contribution < -0.4 is 0 Å². The molecule has 0 saturated heterocycles. The van der Waals surface area contributed by atoms with E-state index in [9.17, 15) is 18.0 Å². The number of fused-ring (bicyclic) bond motifs is 1. The van der Waals surface area contributed by atoms with Gasteiger partial charge in [0.1, 0.15) is 13.7 Å². The maximum Gasteiger partial charge on any atom is 0.416 e. The van der Waals surface area contributed by atoms with Gasteiger partial charge in [-0.3, -0.25) is 0 Å². The van der Waals surface area contributed by atoms with Gasteiger partial charge in [0.15, 0.2) is 0 Å². The Hall–Kier alpha value is -3.40. The first kappa shape index (κ1) is 23.3. The lowest BCUT2D eigenvalue weighted by Crippen LogP contribution is -2.18. The zero-order chi connectivity index (χ0) is 23.3. The lowest BCUT2D eigenvalue weighted by atomic mass is 10.1. The van der Waals surface area contributed by atoms with Crippen LogP contribution in [0.3, 0.4) is 0 Å². The number of hydrogen-bond acceptors (Lipinski definition) is 7. The molecule has 0 amide bonds. The van der Waals surface area contributed by atoms with Crippen LogP contribution >= 0.6 is 11.3 Å². The van der Waals surface area contributed by atoms with Gasteiger partial charge in [-0.1, -0.05) is 40.6 Å². The summed E-state index contributed by atoms with van der Waals surface area (Å²) >= 11 is 1.31. The fourth-order valence-corrected chi connectivity index (χ4v) is 4.14. The molecule has 6 nitrogen and oxygen atoms in total. The van der Waals surface area contributed by atoms with Crippen molar-refractivity contribution in [2.24, 2.45) is 10.3 Å². The molecule has 0 N–H and O–H groups in total. The molecular formula is C22H19F3N2O4S. The summed E-state index contributed by atoms with van der Waals surface area (Å²) in [6, 6.07) is 12.3. The topological polar surface area (TPSA) is 69.5 Å². The van der Waals surface area contributed by atoms with Gasteiger partial charge in [0.05, 0.1) is 23.3 Å². The van der Waals surface area contributed by atoms with Crippen molar-refractivity contribution in [3.8, 4) is 0 Å². The highest BCUT2D eigenvalue weighted by atomic mass is 32.1. The number of carbonyl (C=O) groups excluding carboxylic acids is 1. The van der Waals surface area contributed by atoms with Gasteiger partial charge in [0.2, 0.25) is 5.71 Å². The molecule has 0 aliphatic heterocycles. The minimum atomic E-state index is -4.45. The molecule has 0 unspecified atom stereocenters. The highest BCUT2D eigenvalue weighted by Gasteiger charge is 2.30. The number of methoxy groups -OCH3 is 1. The fraction of sp³-hybridized carbons (Fsp3) is 0.227. The molecule has 0 saturated carbocycles. The van der Waals surface area contributed by atoms with Crippen LogP contribution in [-0.4, -0.2) is 31.6 Å². The van der Waals surface area contributed by atoms with Gasteiger partial charge >= 0.3 is 12.1 Å². The van der Waals surface area contributed by atoms with Crippen LogP contribution in [0.15, 0.2) is 58.8 Å². The molecule has 0 bridgehead atoms. The second-order valence-electron chi connectivity index (χ2n) is 6.55. The molecule has 32 heavy (non-hydrogen) atoms. The summed E-state index contributed by atoms with van der Waals surface area (Å²) in [5.74, 6) is -0.677. The van der Waals surface area contributed by atoms with Crippen molar-refractivity contribution in [2.45, 2.75) is 19.7 Å². The zero-order valence-electron chi connectivity index (χ0n) is 17.4. The quantitative estimate of drug-likeness (QED) is 0.267. The highest BCUT2D eigenvalue weighted by molar-refractivity contribution is 7.21.